The van der Waals surface area contributed by atoms with E-state index in [4.69, 9.17) is 4.74 Å². The summed E-state index contributed by atoms with van der Waals surface area (Å²) >= 11 is 0. The number of ether oxygens (including phenoxy) is 1. The van der Waals surface area contributed by atoms with E-state index in [-0.39, 0.29) is 11.5 Å². The number of rotatable bonds is 12. The molecular weight excluding hydrogens is 290 g/mol. The van der Waals surface area contributed by atoms with Crippen LogP contribution in [0.2, 0.25) is 0 Å². The summed E-state index contributed by atoms with van der Waals surface area (Å²) < 4.78 is 5.08. The van der Waals surface area contributed by atoms with Crippen LogP contribution in [0.15, 0.2) is 10.9 Å². The third-order valence-electron chi connectivity index (χ3n) is 4.24. The number of aliphatic hydroxyl groups is 1. The van der Waals surface area contributed by atoms with E-state index in [1.165, 1.54) is 45.6 Å². The lowest BCUT2D eigenvalue weighted by molar-refractivity contribution is 0.180. The van der Waals surface area contributed by atoms with Gasteiger partial charge in [0.05, 0.1) is 18.9 Å². The molecule has 1 rings (SSSR count). The fourth-order valence-electron chi connectivity index (χ4n) is 2.95. The Morgan fingerprint density at radius 1 is 1.09 bits per heavy atom. The quantitative estimate of drug-likeness (QED) is 0.569. The average Bonchev–Trinajstić information content (AvgIpc) is 2.48. The maximum Gasteiger partial charge on any atom is 0.223 e. The van der Waals surface area contributed by atoms with Crippen LogP contribution in [-0.4, -0.2) is 23.3 Å². The van der Waals surface area contributed by atoms with Gasteiger partial charge in [0.2, 0.25) is 5.43 Å². The third-order valence-corrected chi connectivity index (χ3v) is 4.24. The Bertz CT molecular complexity index is 494. The second-order valence-corrected chi connectivity index (χ2v) is 6.53. The van der Waals surface area contributed by atoms with Crippen LogP contribution < -0.4 is 10.2 Å². The number of hydrogen-bond acceptors (Lipinski definition) is 3. The van der Waals surface area contributed by atoms with Crippen LogP contribution in [0, 0.1) is 6.92 Å². The van der Waals surface area contributed by atoms with Gasteiger partial charge in [-0.1, -0.05) is 44.9 Å². The van der Waals surface area contributed by atoms with Crippen molar-refractivity contribution in [2.75, 3.05) is 7.11 Å². The molecule has 23 heavy (non-hydrogen) atoms. The summed E-state index contributed by atoms with van der Waals surface area (Å²) in [6.07, 6.45) is 11.5. The minimum atomic E-state index is -0.150. The average molecular weight is 323 g/mol. The van der Waals surface area contributed by atoms with Gasteiger partial charge in [0.25, 0.3) is 0 Å². The molecule has 132 valence electrons. The van der Waals surface area contributed by atoms with E-state index < -0.39 is 0 Å². The maximum atomic E-state index is 11.8. The zero-order valence-electron chi connectivity index (χ0n) is 15.0. The summed E-state index contributed by atoms with van der Waals surface area (Å²) in [5, 5.41) is 9.18. The Kier molecular flexibility index (Phi) is 9.69. The van der Waals surface area contributed by atoms with E-state index in [0.717, 1.165) is 37.1 Å². The minimum absolute atomic E-state index is 0.0315. The first-order valence-corrected chi connectivity index (χ1v) is 8.99. The number of methoxy groups -OCH3 is 1. The van der Waals surface area contributed by atoms with Crippen molar-refractivity contribution < 1.29 is 9.84 Å². The maximum absolute atomic E-state index is 11.8. The fourth-order valence-corrected chi connectivity index (χ4v) is 2.95. The number of aliphatic hydroxyl groups excluding tert-OH is 1. The van der Waals surface area contributed by atoms with E-state index in [0.29, 0.717) is 5.75 Å². The van der Waals surface area contributed by atoms with E-state index in [9.17, 15) is 9.90 Å². The monoisotopic (exact) mass is 323 g/mol. The van der Waals surface area contributed by atoms with Crippen molar-refractivity contribution >= 4 is 0 Å². The molecule has 0 bridgehead atoms. The molecule has 1 aromatic heterocycles. The summed E-state index contributed by atoms with van der Waals surface area (Å²) in [6, 6.07) is 1.66. The van der Waals surface area contributed by atoms with Gasteiger partial charge in [-0.05, 0) is 33.1 Å². The van der Waals surface area contributed by atoms with Crippen molar-refractivity contribution in [3.05, 3.63) is 27.7 Å². The van der Waals surface area contributed by atoms with Crippen LogP contribution in [0.25, 0.3) is 0 Å². The molecule has 0 aliphatic rings. The Morgan fingerprint density at radius 2 is 1.65 bits per heavy atom. The van der Waals surface area contributed by atoms with Gasteiger partial charge in [0, 0.05) is 11.8 Å². The molecule has 4 heteroatoms. The largest absolute Gasteiger partial charge is 0.491 e. The van der Waals surface area contributed by atoms with Gasteiger partial charge in [0.1, 0.15) is 0 Å². The highest BCUT2D eigenvalue weighted by atomic mass is 16.5. The second kappa shape index (κ2) is 11.3. The third kappa shape index (κ3) is 8.21. The van der Waals surface area contributed by atoms with E-state index in [2.05, 4.69) is 4.98 Å². The standard InChI is InChI=1S/C19H33NO3/c1-15(21)12-10-8-6-4-5-7-9-11-13-17-14-18(22)19(23-3)16(2)20-17/h14-15,21H,4-13H2,1-3H3,(H,20,22)/t15-/m1/s1. The summed E-state index contributed by atoms with van der Waals surface area (Å²) in [5.74, 6) is 0.421. The Morgan fingerprint density at radius 3 is 2.17 bits per heavy atom. The van der Waals surface area contributed by atoms with Gasteiger partial charge in [-0.2, -0.15) is 0 Å². The number of unbranched alkanes of at least 4 members (excludes halogenated alkanes) is 7. The van der Waals surface area contributed by atoms with Crippen molar-refractivity contribution in [3.63, 3.8) is 0 Å². The van der Waals surface area contributed by atoms with Gasteiger partial charge in [-0.3, -0.25) is 4.79 Å². The first-order chi connectivity index (χ1) is 11.0. The molecule has 0 aliphatic heterocycles. The van der Waals surface area contributed by atoms with Gasteiger partial charge in [-0.15, -0.1) is 0 Å². The summed E-state index contributed by atoms with van der Waals surface area (Å²) in [5.41, 5.74) is 1.79. The minimum Gasteiger partial charge on any atom is -0.491 e. The second-order valence-electron chi connectivity index (χ2n) is 6.53. The van der Waals surface area contributed by atoms with E-state index in [1.807, 2.05) is 13.8 Å². The predicted molar refractivity (Wildman–Crippen MR) is 95.3 cm³/mol. The highest BCUT2D eigenvalue weighted by Crippen LogP contribution is 2.13. The molecule has 0 unspecified atom stereocenters. The van der Waals surface area contributed by atoms with Crippen molar-refractivity contribution in [3.8, 4) is 5.75 Å². The number of pyridine rings is 1. The SMILES string of the molecule is COc1c(C)[nH]c(CCCCCCCCCC[C@@H](C)O)cc1=O. The number of hydrogen-bond donors (Lipinski definition) is 2. The highest BCUT2D eigenvalue weighted by Gasteiger charge is 2.06. The van der Waals surface area contributed by atoms with E-state index in [1.54, 1.807) is 6.07 Å². The molecule has 1 aromatic rings. The smallest absolute Gasteiger partial charge is 0.223 e. The number of aromatic amines is 1. The zero-order valence-corrected chi connectivity index (χ0v) is 15.0. The molecule has 0 fully saturated rings. The van der Waals surface area contributed by atoms with Gasteiger partial charge >= 0.3 is 0 Å². The van der Waals surface area contributed by atoms with E-state index >= 15 is 0 Å². The number of nitrogens with one attached hydrogen (secondary N) is 1. The van der Waals surface area contributed by atoms with Gasteiger partial charge < -0.3 is 14.8 Å². The number of H-pyrrole nitrogens is 1. The van der Waals surface area contributed by atoms with Crippen LogP contribution >= 0.6 is 0 Å². The number of aryl methyl sites for hydroxylation is 2. The Labute approximate surface area is 140 Å². The van der Waals surface area contributed by atoms with Crippen LogP contribution in [0.1, 0.15) is 76.1 Å². The van der Waals surface area contributed by atoms with Crippen molar-refractivity contribution in [1.29, 1.82) is 0 Å². The Balaban J connectivity index is 2.08. The van der Waals surface area contributed by atoms with Crippen LogP contribution in [0.5, 0.6) is 5.75 Å². The first kappa shape index (κ1) is 19.8. The van der Waals surface area contributed by atoms with Gasteiger partial charge in [0.15, 0.2) is 5.75 Å². The molecule has 0 spiro atoms. The van der Waals surface area contributed by atoms with Crippen LogP contribution in [0.4, 0.5) is 0 Å². The highest BCUT2D eigenvalue weighted by molar-refractivity contribution is 5.28. The molecule has 0 aliphatic carbocycles. The normalized spacial score (nSPS) is 12.3. The molecular formula is C19H33NO3. The molecule has 0 saturated carbocycles. The summed E-state index contributed by atoms with van der Waals surface area (Å²) in [7, 11) is 1.53. The van der Waals surface area contributed by atoms with Crippen molar-refractivity contribution in [2.24, 2.45) is 0 Å². The molecule has 0 aromatic carbocycles. The molecule has 1 atom stereocenters. The number of aromatic nitrogens is 1. The van der Waals surface area contributed by atoms with Crippen LogP contribution in [0.3, 0.4) is 0 Å². The molecule has 4 nitrogen and oxygen atoms in total. The zero-order chi connectivity index (χ0) is 17.1. The Hall–Kier alpha value is -1.29. The lowest BCUT2D eigenvalue weighted by atomic mass is 10.0. The van der Waals surface area contributed by atoms with Crippen molar-refractivity contribution in [2.45, 2.75) is 84.2 Å². The first-order valence-electron chi connectivity index (χ1n) is 8.99. The van der Waals surface area contributed by atoms with Crippen LogP contribution in [-0.2, 0) is 6.42 Å². The summed E-state index contributed by atoms with van der Waals surface area (Å²) in [4.78, 5) is 15.1. The molecule has 0 radical (unpaired) electrons. The fraction of sp³-hybridized carbons (Fsp3) is 0.737. The lowest BCUT2D eigenvalue weighted by Crippen LogP contribution is -2.10. The summed E-state index contributed by atoms with van der Waals surface area (Å²) in [6.45, 7) is 3.73. The van der Waals surface area contributed by atoms with Gasteiger partial charge in [-0.25, -0.2) is 0 Å². The van der Waals surface area contributed by atoms with Crippen molar-refractivity contribution in [1.82, 2.24) is 4.98 Å². The topological polar surface area (TPSA) is 62.3 Å². The molecule has 0 saturated heterocycles. The molecule has 0 amide bonds. The lowest BCUT2D eigenvalue weighted by Gasteiger charge is -2.07. The predicted octanol–water partition coefficient (Wildman–Crippen LogP) is 4.13. The molecule has 1 heterocycles. The molecule has 2 N–H and O–H groups in total.